The van der Waals surface area contributed by atoms with E-state index in [1.165, 1.54) is 77.0 Å². The molecule has 0 aromatic heterocycles. The molecule has 154 valence electrons. The molecule has 3 rings (SSSR count). The molecule has 0 spiro atoms. The van der Waals surface area contributed by atoms with Gasteiger partial charge in [0.25, 0.3) is 0 Å². The molecule has 0 aromatic rings. The molecule has 3 aliphatic rings. The molecular formula is C27H46. The van der Waals surface area contributed by atoms with Crippen molar-refractivity contribution in [2.75, 3.05) is 0 Å². The van der Waals surface area contributed by atoms with Crippen LogP contribution in [0.25, 0.3) is 0 Å². The van der Waals surface area contributed by atoms with Gasteiger partial charge in [-0.15, -0.1) is 6.58 Å². The Labute approximate surface area is 170 Å². The smallest absolute Gasteiger partial charge is 0.0233 e. The topological polar surface area (TPSA) is 0 Å². The van der Waals surface area contributed by atoms with Crippen molar-refractivity contribution in [3.05, 3.63) is 24.8 Å². The Bertz CT molecular complexity index is 423. The van der Waals surface area contributed by atoms with Crippen molar-refractivity contribution in [1.82, 2.24) is 0 Å². The van der Waals surface area contributed by atoms with E-state index >= 15 is 0 Å². The molecule has 3 aliphatic carbocycles. The van der Waals surface area contributed by atoms with Crippen molar-refractivity contribution in [3.63, 3.8) is 0 Å². The normalized spacial score (nSPS) is 38.1. The van der Waals surface area contributed by atoms with Gasteiger partial charge in [-0.1, -0.05) is 63.7 Å². The van der Waals surface area contributed by atoms with E-state index in [9.17, 15) is 0 Å². The molecule has 0 saturated heterocycles. The van der Waals surface area contributed by atoms with Crippen molar-refractivity contribution in [2.45, 2.75) is 110 Å². The summed E-state index contributed by atoms with van der Waals surface area (Å²) in [6.07, 6.45) is 30.8. The number of allylic oxidation sites excluding steroid dienone is 3. The molecule has 3 saturated carbocycles. The first-order chi connectivity index (χ1) is 13.3. The van der Waals surface area contributed by atoms with Crippen LogP contribution in [0.3, 0.4) is 0 Å². The van der Waals surface area contributed by atoms with Crippen molar-refractivity contribution in [3.8, 4) is 0 Å². The molecular weight excluding hydrogens is 324 g/mol. The third-order valence-corrected chi connectivity index (χ3v) is 8.45. The van der Waals surface area contributed by atoms with Crippen LogP contribution in [0, 0.1) is 35.5 Å². The van der Waals surface area contributed by atoms with Gasteiger partial charge in [-0.25, -0.2) is 0 Å². The minimum atomic E-state index is 0.798. The average molecular weight is 371 g/mol. The largest absolute Gasteiger partial charge is 0.103 e. The maximum Gasteiger partial charge on any atom is -0.0233 e. The van der Waals surface area contributed by atoms with E-state index in [0.717, 1.165) is 35.5 Å². The molecule has 0 heterocycles. The minimum absolute atomic E-state index is 0.798. The van der Waals surface area contributed by atoms with E-state index in [2.05, 4.69) is 31.7 Å². The maximum atomic E-state index is 3.96. The predicted molar refractivity (Wildman–Crippen MR) is 120 cm³/mol. The highest BCUT2D eigenvalue weighted by Crippen LogP contribution is 2.43. The Hall–Kier alpha value is -0.520. The first-order valence-corrected chi connectivity index (χ1v) is 12.6. The summed E-state index contributed by atoms with van der Waals surface area (Å²) in [6.45, 7) is 6.32. The van der Waals surface area contributed by atoms with E-state index in [0.29, 0.717) is 0 Å². The summed E-state index contributed by atoms with van der Waals surface area (Å²) in [6, 6.07) is 0. The van der Waals surface area contributed by atoms with Crippen LogP contribution >= 0.6 is 0 Å². The summed E-state index contributed by atoms with van der Waals surface area (Å²) in [5.41, 5.74) is 0. The van der Waals surface area contributed by atoms with Crippen molar-refractivity contribution in [2.24, 2.45) is 35.5 Å². The van der Waals surface area contributed by atoms with Gasteiger partial charge in [0.1, 0.15) is 0 Å². The molecule has 0 bridgehead atoms. The van der Waals surface area contributed by atoms with Crippen LogP contribution in [0.5, 0.6) is 0 Å². The molecule has 0 N–H and O–H groups in total. The molecule has 0 aromatic carbocycles. The highest BCUT2D eigenvalue weighted by atomic mass is 14.4. The molecule has 3 fully saturated rings. The summed E-state index contributed by atoms with van der Waals surface area (Å²) in [5, 5.41) is 0. The van der Waals surface area contributed by atoms with Crippen LogP contribution in [0.2, 0.25) is 0 Å². The molecule has 0 atom stereocenters. The van der Waals surface area contributed by atoms with Gasteiger partial charge < -0.3 is 0 Å². The summed E-state index contributed by atoms with van der Waals surface area (Å²) < 4.78 is 0. The van der Waals surface area contributed by atoms with Gasteiger partial charge in [0.15, 0.2) is 0 Å². The molecule has 0 heteroatoms. The fourth-order valence-corrected chi connectivity index (χ4v) is 6.50. The van der Waals surface area contributed by atoms with Gasteiger partial charge in [0.05, 0.1) is 0 Å². The van der Waals surface area contributed by atoms with E-state index < -0.39 is 0 Å². The zero-order chi connectivity index (χ0) is 18.9. The van der Waals surface area contributed by atoms with Crippen LogP contribution in [0.4, 0.5) is 0 Å². The predicted octanol–water partition coefficient (Wildman–Crippen LogP) is 8.73. The zero-order valence-corrected chi connectivity index (χ0v) is 18.2. The molecule has 0 aliphatic heterocycles. The van der Waals surface area contributed by atoms with Gasteiger partial charge in [-0.05, 0) is 99.7 Å². The first kappa shape index (κ1) is 21.2. The minimum Gasteiger partial charge on any atom is -0.103 e. The average Bonchev–Trinajstić information content (AvgIpc) is 2.73. The van der Waals surface area contributed by atoms with Crippen LogP contribution in [0.1, 0.15) is 110 Å². The van der Waals surface area contributed by atoms with Crippen LogP contribution in [0.15, 0.2) is 24.8 Å². The fraction of sp³-hybridized carbons (Fsp3) is 0.852. The summed E-state index contributed by atoms with van der Waals surface area (Å²) >= 11 is 0. The molecule has 0 unspecified atom stereocenters. The molecule has 0 radical (unpaired) electrons. The number of hydrogen-bond acceptors (Lipinski definition) is 0. The van der Waals surface area contributed by atoms with Crippen molar-refractivity contribution < 1.29 is 0 Å². The Kier molecular flexibility index (Phi) is 9.01. The van der Waals surface area contributed by atoms with E-state index in [1.54, 1.807) is 25.7 Å². The quantitative estimate of drug-likeness (QED) is 0.375. The van der Waals surface area contributed by atoms with E-state index in [1.807, 2.05) is 0 Å². The summed E-state index contributed by atoms with van der Waals surface area (Å²) in [5.74, 6) is 5.93. The Balaban J connectivity index is 1.27. The highest BCUT2D eigenvalue weighted by molar-refractivity contribution is 4.94. The Morgan fingerprint density at radius 3 is 1.70 bits per heavy atom. The lowest BCUT2D eigenvalue weighted by Crippen LogP contribution is -2.25. The van der Waals surface area contributed by atoms with Crippen molar-refractivity contribution in [1.29, 1.82) is 0 Å². The van der Waals surface area contributed by atoms with E-state index in [4.69, 9.17) is 0 Å². The zero-order valence-electron chi connectivity index (χ0n) is 18.2. The van der Waals surface area contributed by atoms with Crippen LogP contribution in [-0.4, -0.2) is 0 Å². The third-order valence-electron chi connectivity index (χ3n) is 8.45. The second-order valence-electron chi connectivity index (χ2n) is 10.3. The van der Waals surface area contributed by atoms with Gasteiger partial charge in [0, 0.05) is 0 Å². The van der Waals surface area contributed by atoms with Gasteiger partial charge in [-0.3, -0.25) is 0 Å². The Morgan fingerprint density at radius 2 is 1.19 bits per heavy atom. The maximum absolute atomic E-state index is 3.96. The van der Waals surface area contributed by atoms with Gasteiger partial charge >= 0.3 is 0 Å². The van der Waals surface area contributed by atoms with Gasteiger partial charge in [0.2, 0.25) is 0 Å². The standard InChI is InChI=1S/C27H46/c1-3-7-23-14-18-26(19-15-23)27-20-16-25(17-21-27)9-6-5-8-24-12-10-22(4-2)11-13-24/h4-5,8,22-27H,2-3,6-7,9-21H2,1H3/b8-5+/t22-,23-,24-,25?,26-,27?. The first-order valence-electron chi connectivity index (χ1n) is 12.6. The SMILES string of the molecule is C=C[C@H]1CC[C@H](/C=C/CCC2CCC([C@H]3CC[C@H](CCC)CC3)CC2)CC1. The molecule has 27 heavy (non-hydrogen) atoms. The second-order valence-corrected chi connectivity index (χ2v) is 10.3. The van der Waals surface area contributed by atoms with Crippen molar-refractivity contribution >= 4 is 0 Å². The van der Waals surface area contributed by atoms with E-state index in [-0.39, 0.29) is 0 Å². The lowest BCUT2D eigenvalue weighted by molar-refractivity contribution is 0.141. The Morgan fingerprint density at radius 1 is 0.667 bits per heavy atom. The summed E-state index contributed by atoms with van der Waals surface area (Å²) in [4.78, 5) is 0. The molecule has 0 nitrogen and oxygen atoms in total. The van der Waals surface area contributed by atoms with Gasteiger partial charge in [-0.2, -0.15) is 0 Å². The lowest BCUT2D eigenvalue weighted by Gasteiger charge is -2.38. The summed E-state index contributed by atoms with van der Waals surface area (Å²) in [7, 11) is 0. The number of rotatable bonds is 8. The van der Waals surface area contributed by atoms with Crippen LogP contribution < -0.4 is 0 Å². The lowest BCUT2D eigenvalue weighted by atomic mass is 9.68. The molecule has 0 amide bonds. The monoisotopic (exact) mass is 370 g/mol. The number of hydrogen-bond donors (Lipinski definition) is 0. The second kappa shape index (κ2) is 11.5. The fourth-order valence-electron chi connectivity index (χ4n) is 6.50. The third kappa shape index (κ3) is 6.79. The van der Waals surface area contributed by atoms with Crippen LogP contribution in [-0.2, 0) is 0 Å². The highest BCUT2D eigenvalue weighted by Gasteiger charge is 2.30.